The van der Waals surface area contributed by atoms with Gasteiger partial charge in [0.25, 0.3) is 0 Å². The van der Waals surface area contributed by atoms with Crippen molar-refractivity contribution >= 4 is 5.91 Å². The Bertz CT molecular complexity index is 382. The highest BCUT2D eigenvalue weighted by atomic mass is 16.1. The molecule has 1 amide bonds. The molecule has 1 rings (SSSR count). The zero-order valence-electron chi connectivity index (χ0n) is 10.8. The molecule has 5 heteroatoms. The van der Waals surface area contributed by atoms with E-state index in [2.05, 4.69) is 22.9 Å². The third-order valence-electron chi connectivity index (χ3n) is 2.82. The number of nitrogens with one attached hydrogen (secondary N) is 2. The number of amides is 1. The first-order valence-corrected chi connectivity index (χ1v) is 6.28. The number of carbonyl (C=O) groups excluding carboxylic acids is 1. The Morgan fingerprint density at radius 3 is 2.78 bits per heavy atom. The highest BCUT2D eigenvalue weighted by Crippen LogP contribution is 2.17. The van der Waals surface area contributed by atoms with Crippen molar-refractivity contribution in [3.63, 3.8) is 0 Å². The first-order valence-electron chi connectivity index (χ1n) is 6.28. The standard InChI is InChI=1S/C13H22N4O/c1-2-12(18)16-9-8-11(17-15)13(14)10-6-4-3-5-7-10/h4,6-7,17H,2-3,5,8-9,14-15H2,1H3,(H,16,18)/b13-11-. The molecule has 0 fully saturated rings. The van der Waals surface area contributed by atoms with Crippen LogP contribution >= 0.6 is 0 Å². The Morgan fingerprint density at radius 1 is 1.44 bits per heavy atom. The smallest absolute Gasteiger partial charge is 0.219 e. The molecule has 5 nitrogen and oxygen atoms in total. The van der Waals surface area contributed by atoms with E-state index in [0.29, 0.717) is 25.1 Å². The molecule has 0 radical (unpaired) electrons. The van der Waals surface area contributed by atoms with Crippen molar-refractivity contribution in [2.45, 2.75) is 32.6 Å². The second-order valence-electron chi connectivity index (χ2n) is 4.13. The van der Waals surface area contributed by atoms with Gasteiger partial charge in [-0.05, 0) is 18.4 Å². The molecule has 0 aliphatic heterocycles. The molecule has 0 aromatic carbocycles. The molecule has 18 heavy (non-hydrogen) atoms. The minimum atomic E-state index is 0.0294. The molecule has 0 heterocycles. The Labute approximate surface area is 108 Å². The van der Waals surface area contributed by atoms with Crippen molar-refractivity contribution in [1.29, 1.82) is 0 Å². The van der Waals surface area contributed by atoms with E-state index in [9.17, 15) is 4.79 Å². The molecule has 1 aliphatic carbocycles. The molecule has 1 aliphatic rings. The summed E-state index contributed by atoms with van der Waals surface area (Å²) in [5.41, 5.74) is 11.1. The first kappa shape index (κ1) is 14.3. The van der Waals surface area contributed by atoms with Crippen LogP contribution in [0.2, 0.25) is 0 Å². The third-order valence-corrected chi connectivity index (χ3v) is 2.82. The van der Waals surface area contributed by atoms with E-state index in [1.54, 1.807) is 0 Å². The second-order valence-corrected chi connectivity index (χ2v) is 4.13. The third kappa shape index (κ3) is 4.25. The molecule has 0 aromatic heterocycles. The zero-order chi connectivity index (χ0) is 13.4. The van der Waals surface area contributed by atoms with E-state index in [4.69, 9.17) is 11.6 Å². The van der Waals surface area contributed by atoms with Gasteiger partial charge in [-0.1, -0.05) is 25.2 Å². The van der Waals surface area contributed by atoms with Crippen LogP contribution < -0.4 is 22.3 Å². The summed E-state index contributed by atoms with van der Waals surface area (Å²) in [5, 5.41) is 2.79. The van der Waals surface area contributed by atoms with E-state index < -0.39 is 0 Å². The van der Waals surface area contributed by atoms with Gasteiger partial charge in [-0.3, -0.25) is 10.6 Å². The van der Waals surface area contributed by atoms with Crippen molar-refractivity contribution in [2.24, 2.45) is 11.6 Å². The molecule has 0 saturated carbocycles. The largest absolute Gasteiger partial charge is 0.397 e. The highest BCUT2D eigenvalue weighted by molar-refractivity contribution is 5.75. The van der Waals surface area contributed by atoms with Crippen LogP contribution in [0.25, 0.3) is 0 Å². The molecule has 6 N–H and O–H groups in total. The van der Waals surface area contributed by atoms with Crippen molar-refractivity contribution in [1.82, 2.24) is 10.7 Å². The van der Waals surface area contributed by atoms with Crippen molar-refractivity contribution in [3.05, 3.63) is 35.2 Å². The van der Waals surface area contributed by atoms with Gasteiger partial charge in [0, 0.05) is 19.4 Å². The Morgan fingerprint density at radius 2 is 2.22 bits per heavy atom. The second kappa shape index (κ2) is 7.55. The van der Waals surface area contributed by atoms with E-state index in [0.717, 1.165) is 24.1 Å². The van der Waals surface area contributed by atoms with Gasteiger partial charge < -0.3 is 16.5 Å². The number of hydrogen-bond donors (Lipinski definition) is 4. The fraction of sp³-hybridized carbons (Fsp3) is 0.462. The number of hydrogen-bond acceptors (Lipinski definition) is 4. The lowest BCUT2D eigenvalue weighted by Crippen LogP contribution is -2.30. The Balaban J connectivity index is 2.60. The lowest BCUT2D eigenvalue weighted by atomic mass is 10.0. The summed E-state index contributed by atoms with van der Waals surface area (Å²) in [4.78, 5) is 11.1. The topological polar surface area (TPSA) is 93.2 Å². The maximum Gasteiger partial charge on any atom is 0.219 e. The fourth-order valence-corrected chi connectivity index (χ4v) is 1.72. The molecule has 0 atom stereocenters. The fourth-order valence-electron chi connectivity index (χ4n) is 1.72. The maximum absolute atomic E-state index is 11.1. The summed E-state index contributed by atoms with van der Waals surface area (Å²) in [6, 6.07) is 0. The maximum atomic E-state index is 11.1. The van der Waals surface area contributed by atoms with Crippen LogP contribution in [0, 0.1) is 0 Å². The van der Waals surface area contributed by atoms with Crippen LogP contribution in [0.5, 0.6) is 0 Å². The summed E-state index contributed by atoms with van der Waals surface area (Å²) in [6.07, 6.45) is 9.32. The quantitative estimate of drug-likeness (QED) is 0.414. The molecular formula is C13H22N4O. The highest BCUT2D eigenvalue weighted by Gasteiger charge is 2.07. The summed E-state index contributed by atoms with van der Waals surface area (Å²) in [5.74, 6) is 5.51. The average molecular weight is 250 g/mol. The predicted octanol–water partition coefficient (Wildman–Crippen LogP) is 0.813. The van der Waals surface area contributed by atoms with Gasteiger partial charge in [0.2, 0.25) is 5.91 Å². The molecule has 0 bridgehead atoms. The molecule has 0 spiro atoms. The van der Waals surface area contributed by atoms with Crippen LogP contribution in [0.4, 0.5) is 0 Å². The van der Waals surface area contributed by atoms with Crippen LogP contribution in [0.3, 0.4) is 0 Å². The van der Waals surface area contributed by atoms with E-state index in [1.807, 2.05) is 13.0 Å². The number of hydrazine groups is 1. The Hall–Kier alpha value is -1.75. The van der Waals surface area contributed by atoms with Gasteiger partial charge in [-0.25, -0.2) is 0 Å². The molecule has 100 valence electrons. The predicted molar refractivity (Wildman–Crippen MR) is 72.9 cm³/mol. The minimum absolute atomic E-state index is 0.0294. The lowest BCUT2D eigenvalue weighted by molar-refractivity contribution is -0.120. The SMILES string of the molecule is CCC(=O)NCC/C(NN)=C(/N)C1=CCCC=C1. The summed E-state index contributed by atoms with van der Waals surface area (Å²) in [6.45, 7) is 2.35. The monoisotopic (exact) mass is 250 g/mol. The normalized spacial score (nSPS) is 15.8. The zero-order valence-corrected chi connectivity index (χ0v) is 10.8. The lowest BCUT2D eigenvalue weighted by Gasteiger charge is -2.14. The first-order chi connectivity index (χ1) is 8.69. The Kier molecular flexibility index (Phi) is 6.00. The molecule has 0 saturated heterocycles. The van der Waals surface area contributed by atoms with Gasteiger partial charge in [0.1, 0.15) is 0 Å². The number of carbonyl (C=O) groups is 1. The average Bonchev–Trinajstić information content (AvgIpc) is 2.43. The van der Waals surface area contributed by atoms with E-state index in [-0.39, 0.29) is 5.91 Å². The van der Waals surface area contributed by atoms with Crippen molar-refractivity contribution < 1.29 is 4.79 Å². The van der Waals surface area contributed by atoms with E-state index in [1.165, 1.54) is 0 Å². The number of rotatable bonds is 6. The number of allylic oxidation sites excluding steroid dienone is 3. The summed E-state index contributed by atoms with van der Waals surface area (Å²) in [7, 11) is 0. The van der Waals surface area contributed by atoms with Crippen molar-refractivity contribution in [3.8, 4) is 0 Å². The van der Waals surface area contributed by atoms with E-state index >= 15 is 0 Å². The summed E-state index contributed by atoms with van der Waals surface area (Å²) >= 11 is 0. The van der Waals surface area contributed by atoms with Crippen LogP contribution in [-0.4, -0.2) is 12.5 Å². The van der Waals surface area contributed by atoms with Crippen LogP contribution in [0.1, 0.15) is 32.6 Å². The van der Waals surface area contributed by atoms with Crippen molar-refractivity contribution in [2.75, 3.05) is 6.54 Å². The van der Waals surface area contributed by atoms with Crippen LogP contribution in [-0.2, 0) is 4.79 Å². The molecule has 0 aromatic rings. The minimum Gasteiger partial charge on any atom is -0.397 e. The van der Waals surface area contributed by atoms with Gasteiger partial charge in [-0.2, -0.15) is 0 Å². The van der Waals surface area contributed by atoms with Gasteiger partial charge in [-0.15, -0.1) is 0 Å². The molecule has 0 unspecified atom stereocenters. The summed E-state index contributed by atoms with van der Waals surface area (Å²) < 4.78 is 0. The molecular weight excluding hydrogens is 228 g/mol. The number of nitrogens with two attached hydrogens (primary N) is 2. The van der Waals surface area contributed by atoms with Crippen LogP contribution in [0.15, 0.2) is 35.2 Å². The van der Waals surface area contributed by atoms with Gasteiger partial charge >= 0.3 is 0 Å². The van der Waals surface area contributed by atoms with Gasteiger partial charge in [0.15, 0.2) is 0 Å². The van der Waals surface area contributed by atoms with Gasteiger partial charge in [0.05, 0.1) is 11.4 Å².